The standard InChI is InChI=1S/C9H17N3/c1-3-4-9-11-5-6-12(9)7-8(2)10/h5-6,8H,3-4,7,10H2,1-2H3/t8-/m1/s1. The molecule has 0 radical (unpaired) electrons. The average Bonchev–Trinajstić information content (AvgIpc) is 2.37. The number of aromatic nitrogens is 2. The molecule has 2 N–H and O–H groups in total. The van der Waals surface area contributed by atoms with E-state index in [0.717, 1.165) is 25.2 Å². The highest BCUT2D eigenvalue weighted by Gasteiger charge is 2.02. The summed E-state index contributed by atoms with van der Waals surface area (Å²) in [6, 6.07) is 0.204. The first-order chi connectivity index (χ1) is 5.74. The Kier molecular flexibility index (Phi) is 3.29. The molecule has 68 valence electrons. The summed E-state index contributed by atoms with van der Waals surface area (Å²) in [5, 5.41) is 0. The van der Waals surface area contributed by atoms with E-state index in [1.807, 2.05) is 19.3 Å². The van der Waals surface area contributed by atoms with Gasteiger partial charge in [-0.1, -0.05) is 6.92 Å². The van der Waals surface area contributed by atoms with Gasteiger partial charge in [0.2, 0.25) is 0 Å². The fraction of sp³-hybridized carbons (Fsp3) is 0.667. The monoisotopic (exact) mass is 167 g/mol. The average molecular weight is 167 g/mol. The van der Waals surface area contributed by atoms with Gasteiger partial charge in [0.1, 0.15) is 5.82 Å². The number of nitrogens with zero attached hydrogens (tertiary/aromatic N) is 2. The van der Waals surface area contributed by atoms with Gasteiger partial charge in [0.15, 0.2) is 0 Å². The van der Waals surface area contributed by atoms with E-state index in [9.17, 15) is 0 Å². The van der Waals surface area contributed by atoms with Gasteiger partial charge in [0, 0.05) is 31.4 Å². The van der Waals surface area contributed by atoms with Crippen molar-refractivity contribution in [3.05, 3.63) is 18.2 Å². The second kappa shape index (κ2) is 4.26. The van der Waals surface area contributed by atoms with Crippen LogP contribution in [0.4, 0.5) is 0 Å². The van der Waals surface area contributed by atoms with Gasteiger partial charge in [0.05, 0.1) is 0 Å². The maximum Gasteiger partial charge on any atom is 0.108 e. The van der Waals surface area contributed by atoms with Crippen molar-refractivity contribution in [2.24, 2.45) is 5.73 Å². The van der Waals surface area contributed by atoms with Crippen molar-refractivity contribution in [2.75, 3.05) is 0 Å². The molecular weight excluding hydrogens is 150 g/mol. The van der Waals surface area contributed by atoms with E-state index in [1.165, 1.54) is 0 Å². The van der Waals surface area contributed by atoms with Gasteiger partial charge in [-0.05, 0) is 13.3 Å². The molecule has 0 saturated heterocycles. The third kappa shape index (κ3) is 2.34. The van der Waals surface area contributed by atoms with Gasteiger partial charge in [-0.3, -0.25) is 0 Å². The number of aryl methyl sites for hydroxylation is 1. The Labute approximate surface area is 73.6 Å². The molecule has 12 heavy (non-hydrogen) atoms. The Morgan fingerprint density at radius 2 is 2.42 bits per heavy atom. The summed E-state index contributed by atoms with van der Waals surface area (Å²) in [4.78, 5) is 4.27. The molecule has 0 fully saturated rings. The molecular formula is C9H17N3. The van der Waals surface area contributed by atoms with E-state index in [-0.39, 0.29) is 6.04 Å². The summed E-state index contributed by atoms with van der Waals surface area (Å²) < 4.78 is 2.13. The number of rotatable bonds is 4. The quantitative estimate of drug-likeness (QED) is 0.732. The summed E-state index contributed by atoms with van der Waals surface area (Å²) in [6.45, 7) is 5.04. The van der Waals surface area contributed by atoms with Crippen LogP contribution < -0.4 is 5.73 Å². The molecule has 0 aliphatic heterocycles. The molecule has 3 heteroatoms. The van der Waals surface area contributed by atoms with Crippen molar-refractivity contribution in [2.45, 2.75) is 39.3 Å². The second-order valence-corrected chi connectivity index (χ2v) is 3.22. The molecule has 1 atom stereocenters. The van der Waals surface area contributed by atoms with Crippen molar-refractivity contribution in [1.29, 1.82) is 0 Å². The predicted octanol–water partition coefficient (Wildman–Crippen LogP) is 1.18. The normalized spacial score (nSPS) is 13.2. The minimum absolute atomic E-state index is 0.204. The lowest BCUT2D eigenvalue weighted by molar-refractivity contribution is 0.563. The third-order valence-electron chi connectivity index (χ3n) is 1.76. The molecule has 0 spiro atoms. The topological polar surface area (TPSA) is 43.8 Å². The lowest BCUT2D eigenvalue weighted by Crippen LogP contribution is -2.22. The molecule has 3 nitrogen and oxygen atoms in total. The molecule has 0 unspecified atom stereocenters. The fourth-order valence-corrected chi connectivity index (χ4v) is 1.27. The van der Waals surface area contributed by atoms with E-state index in [0.29, 0.717) is 0 Å². The highest BCUT2D eigenvalue weighted by Crippen LogP contribution is 2.01. The van der Waals surface area contributed by atoms with Crippen molar-refractivity contribution in [3.63, 3.8) is 0 Å². The SMILES string of the molecule is CCCc1nccn1C[C@@H](C)N. The summed E-state index contributed by atoms with van der Waals surface area (Å²) >= 11 is 0. The van der Waals surface area contributed by atoms with E-state index in [4.69, 9.17) is 5.73 Å². The van der Waals surface area contributed by atoms with Crippen molar-refractivity contribution >= 4 is 0 Å². The Hall–Kier alpha value is -0.830. The van der Waals surface area contributed by atoms with Gasteiger partial charge in [0.25, 0.3) is 0 Å². The van der Waals surface area contributed by atoms with Gasteiger partial charge in [-0.15, -0.1) is 0 Å². The van der Waals surface area contributed by atoms with Gasteiger partial charge >= 0.3 is 0 Å². The zero-order valence-corrected chi connectivity index (χ0v) is 7.83. The summed E-state index contributed by atoms with van der Waals surface area (Å²) in [7, 11) is 0. The van der Waals surface area contributed by atoms with Crippen molar-refractivity contribution in [1.82, 2.24) is 9.55 Å². The maximum atomic E-state index is 5.70. The van der Waals surface area contributed by atoms with Gasteiger partial charge in [-0.2, -0.15) is 0 Å². The van der Waals surface area contributed by atoms with Crippen LogP contribution in [0.2, 0.25) is 0 Å². The van der Waals surface area contributed by atoms with Crippen LogP contribution in [0.1, 0.15) is 26.1 Å². The Morgan fingerprint density at radius 1 is 1.67 bits per heavy atom. The smallest absolute Gasteiger partial charge is 0.108 e. The van der Waals surface area contributed by atoms with E-state index < -0.39 is 0 Å². The van der Waals surface area contributed by atoms with E-state index >= 15 is 0 Å². The molecule has 1 heterocycles. The molecule has 1 rings (SSSR count). The van der Waals surface area contributed by atoms with Crippen LogP contribution in [0.15, 0.2) is 12.4 Å². The molecule has 0 bridgehead atoms. The Balaban J connectivity index is 2.63. The maximum absolute atomic E-state index is 5.70. The van der Waals surface area contributed by atoms with Crippen molar-refractivity contribution < 1.29 is 0 Å². The molecule has 1 aromatic heterocycles. The largest absolute Gasteiger partial charge is 0.333 e. The first-order valence-electron chi connectivity index (χ1n) is 4.49. The minimum Gasteiger partial charge on any atom is -0.333 e. The van der Waals surface area contributed by atoms with E-state index in [1.54, 1.807) is 0 Å². The third-order valence-corrected chi connectivity index (χ3v) is 1.76. The van der Waals surface area contributed by atoms with Crippen LogP contribution in [-0.2, 0) is 13.0 Å². The number of nitrogens with two attached hydrogens (primary N) is 1. The van der Waals surface area contributed by atoms with Crippen LogP contribution in [0, 0.1) is 0 Å². The molecule has 0 saturated carbocycles. The fourth-order valence-electron chi connectivity index (χ4n) is 1.27. The number of imidazole rings is 1. The predicted molar refractivity (Wildman–Crippen MR) is 49.9 cm³/mol. The Morgan fingerprint density at radius 3 is 3.00 bits per heavy atom. The van der Waals surface area contributed by atoms with Crippen LogP contribution >= 0.6 is 0 Å². The van der Waals surface area contributed by atoms with Gasteiger partial charge < -0.3 is 10.3 Å². The zero-order valence-electron chi connectivity index (χ0n) is 7.83. The highest BCUT2D eigenvalue weighted by molar-refractivity contribution is 4.92. The second-order valence-electron chi connectivity index (χ2n) is 3.22. The van der Waals surface area contributed by atoms with Crippen LogP contribution in [0.25, 0.3) is 0 Å². The lowest BCUT2D eigenvalue weighted by atomic mass is 10.3. The van der Waals surface area contributed by atoms with Crippen LogP contribution in [-0.4, -0.2) is 15.6 Å². The van der Waals surface area contributed by atoms with Crippen molar-refractivity contribution in [3.8, 4) is 0 Å². The summed E-state index contributed by atoms with van der Waals surface area (Å²) in [5.74, 6) is 1.15. The first kappa shape index (κ1) is 9.26. The minimum atomic E-state index is 0.204. The number of hydrogen-bond donors (Lipinski definition) is 1. The molecule has 0 aromatic carbocycles. The summed E-state index contributed by atoms with van der Waals surface area (Å²) in [5.41, 5.74) is 5.70. The molecule has 1 aromatic rings. The van der Waals surface area contributed by atoms with Crippen LogP contribution in [0.5, 0.6) is 0 Å². The number of hydrogen-bond acceptors (Lipinski definition) is 2. The molecule has 0 aliphatic rings. The lowest BCUT2D eigenvalue weighted by Gasteiger charge is -2.09. The van der Waals surface area contributed by atoms with E-state index in [2.05, 4.69) is 16.5 Å². The summed E-state index contributed by atoms with van der Waals surface area (Å²) in [6.07, 6.45) is 6.01. The van der Waals surface area contributed by atoms with Gasteiger partial charge in [-0.25, -0.2) is 4.98 Å². The highest BCUT2D eigenvalue weighted by atomic mass is 15.1. The Bertz CT molecular complexity index is 227. The van der Waals surface area contributed by atoms with Crippen LogP contribution in [0.3, 0.4) is 0 Å². The first-order valence-corrected chi connectivity index (χ1v) is 4.49. The molecule has 0 amide bonds. The molecule has 0 aliphatic carbocycles. The zero-order chi connectivity index (χ0) is 8.97.